The van der Waals surface area contributed by atoms with Crippen molar-refractivity contribution in [3.8, 4) is 5.75 Å². The van der Waals surface area contributed by atoms with E-state index in [1.54, 1.807) is 24.3 Å². The van der Waals surface area contributed by atoms with Crippen LogP contribution >= 0.6 is 22.9 Å². The van der Waals surface area contributed by atoms with E-state index in [2.05, 4.69) is 10.6 Å². The molecule has 0 fully saturated rings. The Kier molecular flexibility index (Phi) is 5.53. The van der Waals surface area contributed by atoms with Gasteiger partial charge in [-0.05, 0) is 42.8 Å². The Bertz CT molecular complexity index is 1030. The molecule has 0 saturated heterocycles. The monoisotopic (exact) mass is 404 g/mol. The summed E-state index contributed by atoms with van der Waals surface area (Å²) in [6.45, 7) is 1.92. The highest BCUT2D eigenvalue weighted by Crippen LogP contribution is 2.39. The maximum Gasteiger partial charge on any atom is 0.351 e. The predicted molar refractivity (Wildman–Crippen MR) is 109 cm³/mol. The number of hydrogen-bond donors (Lipinski definition) is 2. The Morgan fingerprint density at radius 2 is 1.85 bits per heavy atom. The van der Waals surface area contributed by atoms with Crippen molar-refractivity contribution < 1.29 is 19.1 Å². The van der Waals surface area contributed by atoms with Crippen LogP contribution in [0.1, 0.15) is 15.2 Å². The number of thiophene rings is 1. The van der Waals surface area contributed by atoms with Crippen LogP contribution in [0.15, 0.2) is 36.4 Å². The third-order valence-electron chi connectivity index (χ3n) is 3.85. The lowest BCUT2D eigenvalue weighted by atomic mass is 10.2. The number of nitrogens with one attached hydrogen (secondary N) is 2. The number of anilines is 2. The Morgan fingerprint density at radius 1 is 1.07 bits per heavy atom. The molecule has 2 N–H and O–H groups in total. The van der Waals surface area contributed by atoms with Gasteiger partial charge in [0.25, 0.3) is 0 Å². The second kappa shape index (κ2) is 7.85. The summed E-state index contributed by atoms with van der Waals surface area (Å²) in [6.07, 6.45) is 0. The molecular weight excluding hydrogens is 388 g/mol. The van der Waals surface area contributed by atoms with E-state index in [1.807, 2.05) is 19.1 Å². The topological polar surface area (TPSA) is 76.7 Å². The third kappa shape index (κ3) is 3.99. The molecule has 8 heteroatoms. The van der Waals surface area contributed by atoms with E-state index < -0.39 is 12.0 Å². The number of carbonyl (C=O) groups is 2. The highest BCUT2D eigenvalue weighted by atomic mass is 35.5. The minimum absolute atomic E-state index is 0.378. The number of aryl methyl sites for hydroxylation is 1. The molecule has 3 aromatic rings. The fourth-order valence-corrected chi connectivity index (χ4v) is 3.94. The lowest BCUT2D eigenvalue weighted by Crippen LogP contribution is -2.19. The maximum absolute atomic E-state index is 12.3. The van der Waals surface area contributed by atoms with Gasteiger partial charge in [-0.3, -0.25) is 0 Å². The number of hydrogen-bond acceptors (Lipinski definition) is 5. The van der Waals surface area contributed by atoms with E-state index >= 15 is 0 Å². The van der Waals surface area contributed by atoms with E-state index in [9.17, 15) is 9.59 Å². The Hall–Kier alpha value is -2.77. The van der Waals surface area contributed by atoms with E-state index in [-0.39, 0.29) is 0 Å². The van der Waals surface area contributed by atoms with Crippen LogP contribution in [-0.2, 0) is 4.74 Å². The van der Waals surface area contributed by atoms with Crippen LogP contribution in [-0.4, -0.2) is 26.2 Å². The highest BCUT2D eigenvalue weighted by Gasteiger charge is 2.20. The number of amides is 2. The smallest absolute Gasteiger partial charge is 0.351 e. The van der Waals surface area contributed by atoms with Crippen molar-refractivity contribution in [1.82, 2.24) is 0 Å². The maximum atomic E-state index is 12.3. The average Bonchev–Trinajstić information content (AvgIpc) is 3.01. The average molecular weight is 405 g/mol. The number of methoxy groups -OCH3 is 2. The van der Waals surface area contributed by atoms with Crippen molar-refractivity contribution in [2.24, 2.45) is 0 Å². The van der Waals surface area contributed by atoms with Gasteiger partial charge in [0.1, 0.15) is 0 Å². The molecule has 1 heterocycles. The standard InChI is InChI=1S/C19H17ClN2O4S/c1-10-4-6-14(13(20)8-10)22-19(24)21-11-5-7-15-12(9-11)16(25-2)17(27-15)18(23)26-3/h4-9H,1-3H3,(H2,21,22,24). The van der Waals surface area contributed by atoms with Crippen LogP contribution < -0.4 is 15.4 Å². The summed E-state index contributed by atoms with van der Waals surface area (Å²) in [5.41, 5.74) is 2.07. The molecule has 1 aromatic heterocycles. The van der Waals surface area contributed by atoms with Crippen LogP contribution in [0.5, 0.6) is 5.75 Å². The summed E-state index contributed by atoms with van der Waals surface area (Å²) in [4.78, 5) is 24.6. The van der Waals surface area contributed by atoms with E-state index in [0.717, 1.165) is 10.3 Å². The molecule has 0 atom stereocenters. The van der Waals surface area contributed by atoms with Crippen molar-refractivity contribution in [1.29, 1.82) is 0 Å². The SMILES string of the molecule is COC(=O)c1sc2ccc(NC(=O)Nc3ccc(C)cc3Cl)cc2c1OC. The first-order chi connectivity index (χ1) is 12.9. The van der Waals surface area contributed by atoms with Crippen LogP contribution in [0.3, 0.4) is 0 Å². The van der Waals surface area contributed by atoms with Crippen LogP contribution in [0.25, 0.3) is 10.1 Å². The summed E-state index contributed by atoms with van der Waals surface area (Å²) in [7, 11) is 2.81. The molecule has 0 radical (unpaired) electrons. The fraction of sp³-hybridized carbons (Fsp3) is 0.158. The van der Waals surface area contributed by atoms with Gasteiger partial charge in [-0.25, -0.2) is 9.59 Å². The van der Waals surface area contributed by atoms with Crippen molar-refractivity contribution in [2.75, 3.05) is 24.9 Å². The molecule has 140 valence electrons. The molecule has 0 aliphatic rings. The number of ether oxygens (including phenoxy) is 2. The molecule has 3 rings (SSSR count). The molecule has 27 heavy (non-hydrogen) atoms. The molecule has 2 aromatic carbocycles. The van der Waals surface area contributed by atoms with Gasteiger partial charge in [0.2, 0.25) is 0 Å². The van der Waals surface area contributed by atoms with Gasteiger partial charge in [-0.1, -0.05) is 17.7 Å². The van der Waals surface area contributed by atoms with Crippen molar-refractivity contribution in [3.63, 3.8) is 0 Å². The molecule has 6 nitrogen and oxygen atoms in total. The highest BCUT2D eigenvalue weighted by molar-refractivity contribution is 7.21. The summed E-state index contributed by atoms with van der Waals surface area (Å²) >= 11 is 7.41. The predicted octanol–water partition coefficient (Wildman–Crippen LogP) is 5.30. The second-order valence-corrected chi connectivity index (χ2v) is 7.19. The van der Waals surface area contributed by atoms with Gasteiger partial charge in [0.15, 0.2) is 10.6 Å². The molecule has 0 aliphatic carbocycles. The summed E-state index contributed by atoms with van der Waals surface area (Å²) < 4.78 is 11.0. The Morgan fingerprint density at radius 3 is 2.52 bits per heavy atom. The molecular formula is C19H17ClN2O4S. The number of benzene rings is 2. The molecule has 0 bridgehead atoms. The van der Waals surface area contributed by atoms with Crippen molar-refractivity contribution in [3.05, 3.63) is 51.9 Å². The lowest BCUT2D eigenvalue weighted by molar-refractivity contribution is 0.0603. The number of esters is 1. The normalized spacial score (nSPS) is 10.5. The zero-order chi connectivity index (χ0) is 19.6. The van der Waals surface area contributed by atoms with Gasteiger partial charge >= 0.3 is 12.0 Å². The largest absolute Gasteiger partial charge is 0.494 e. The fourth-order valence-electron chi connectivity index (χ4n) is 2.59. The van der Waals surface area contributed by atoms with E-state index in [1.165, 1.54) is 25.6 Å². The number of urea groups is 1. The van der Waals surface area contributed by atoms with Crippen LogP contribution in [0.4, 0.5) is 16.2 Å². The van der Waals surface area contributed by atoms with Gasteiger partial charge in [0.05, 0.1) is 24.9 Å². The number of fused-ring (bicyclic) bond motifs is 1. The Labute approximate surface area is 165 Å². The van der Waals surface area contributed by atoms with E-state index in [4.69, 9.17) is 21.1 Å². The quantitative estimate of drug-likeness (QED) is 0.578. The first-order valence-electron chi connectivity index (χ1n) is 7.96. The summed E-state index contributed by atoms with van der Waals surface area (Å²) in [5, 5.41) is 6.64. The minimum Gasteiger partial charge on any atom is -0.494 e. The zero-order valence-electron chi connectivity index (χ0n) is 14.9. The first kappa shape index (κ1) is 19.0. The molecule has 2 amide bonds. The van der Waals surface area contributed by atoms with Crippen LogP contribution in [0, 0.1) is 6.92 Å². The van der Waals surface area contributed by atoms with Crippen LogP contribution in [0.2, 0.25) is 5.02 Å². The third-order valence-corrected chi connectivity index (χ3v) is 5.29. The summed E-state index contributed by atoms with van der Waals surface area (Å²) in [5.74, 6) is -0.0400. The minimum atomic E-state index is -0.464. The zero-order valence-corrected chi connectivity index (χ0v) is 16.5. The first-order valence-corrected chi connectivity index (χ1v) is 9.15. The van der Waals surface area contributed by atoms with Gasteiger partial charge in [-0.2, -0.15) is 0 Å². The Balaban J connectivity index is 1.84. The van der Waals surface area contributed by atoms with Gasteiger partial charge in [0, 0.05) is 15.8 Å². The lowest BCUT2D eigenvalue weighted by Gasteiger charge is -2.10. The van der Waals surface area contributed by atoms with Gasteiger partial charge in [-0.15, -0.1) is 11.3 Å². The summed E-state index contributed by atoms with van der Waals surface area (Å²) in [6, 6.07) is 10.2. The molecule has 0 unspecified atom stereocenters. The second-order valence-electron chi connectivity index (χ2n) is 5.73. The molecule has 0 aliphatic heterocycles. The van der Waals surface area contributed by atoms with Crippen molar-refractivity contribution in [2.45, 2.75) is 6.92 Å². The number of carbonyl (C=O) groups excluding carboxylic acids is 2. The molecule has 0 spiro atoms. The van der Waals surface area contributed by atoms with Gasteiger partial charge < -0.3 is 20.1 Å². The van der Waals surface area contributed by atoms with Crippen molar-refractivity contribution >= 4 is 56.4 Å². The number of rotatable bonds is 4. The molecule has 0 saturated carbocycles. The van der Waals surface area contributed by atoms with E-state index in [0.29, 0.717) is 32.4 Å². The number of halogens is 1.